The molecule has 0 saturated heterocycles. The van der Waals surface area contributed by atoms with Gasteiger partial charge in [-0.15, -0.1) is 0 Å². The van der Waals surface area contributed by atoms with Gasteiger partial charge in [0.15, 0.2) is 17.4 Å². The summed E-state index contributed by atoms with van der Waals surface area (Å²) in [6, 6.07) is 0. The molecule has 6 heavy (non-hydrogen) atoms. The molecule has 5 heteroatoms. The van der Waals surface area contributed by atoms with Gasteiger partial charge in [0.2, 0.25) is 0 Å². The van der Waals surface area contributed by atoms with Gasteiger partial charge in [-0.25, -0.2) is 4.79 Å². The van der Waals surface area contributed by atoms with Gasteiger partial charge in [-0.05, 0) is 0 Å². The van der Waals surface area contributed by atoms with Crippen molar-refractivity contribution in [2.45, 2.75) is 0 Å². The van der Waals surface area contributed by atoms with Crippen molar-refractivity contribution in [2.75, 3.05) is 0 Å². The van der Waals surface area contributed by atoms with Gasteiger partial charge < -0.3 is 11.6 Å². The summed E-state index contributed by atoms with van der Waals surface area (Å²) in [4.78, 5) is 8.56. The molecule has 0 aliphatic heterocycles. The summed E-state index contributed by atoms with van der Waals surface area (Å²) in [7, 11) is 0. The molecule has 0 rings (SSSR count). The second-order valence-corrected chi connectivity index (χ2v) is 0.283. The maximum absolute atomic E-state index is 8.56. The monoisotopic (exact) mass is 132 g/mol. The fourth-order valence-corrected chi connectivity index (χ4v) is 0. The van der Waals surface area contributed by atoms with Gasteiger partial charge >= 0.3 is 57.5 Å². The molecule has 32 valence electrons. The van der Waals surface area contributed by atoms with Crippen molar-refractivity contribution in [1.82, 2.24) is 0 Å². The average molecular weight is 132 g/mol. The van der Waals surface area contributed by atoms with Crippen LogP contribution in [-0.2, 0) is 0 Å². The molecule has 2 N–H and O–H groups in total. The van der Waals surface area contributed by atoms with E-state index in [1.54, 1.807) is 0 Å². The molecule has 0 heterocycles. The van der Waals surface area contributed by atoms with Crippen molar-refractivity contribution < 1.29 is 67.8 Å². The van der Waals surface area contributed by atoms with E-state index in [9.17, 15) is 0 Å². The molecule has 0 aliphatic rings. The maximum Gasteiger partial charge on any atom is 1.00 e. The third kappa shape index (κ3) is 51.8. The Morgan fingerprint density at radius 2 is 1.50 bits per heavy atom. The minimum atomic E-state index is -1.83. The van der Waals surface area contributed by atoms with E-state index in [0.29, 0.717) is 0 Å². The topological polar surface area (TPSA) is 57.5 Å². The zero-order valence-corrected chi connectivity index (χ0v) is 5.93. The van der Waals surface area contributed by atoms with E-state index in [1.807, 2.05) is 0 Å². The predicted molar refractivity (Wildman–Crippen MR) is 21.7 cm³/mol. The first kappa shape index (κ1) is 15.7. The van der Waals surface area contributed by atoms with E-state index >= 15 is 0 Å². The van der Waals surface area contributed by atoms with Crippen LogP contribution in [0.15, 0.2) is 0 Å². The summed E-state index contributed by atoms with van der Waals surface area (Å²) >= 11 is 0. The van der Waals surface area contributed by atoms with E-state index in [-0.39, 0.29) is 70.2 Å². The standard InChI is InChI=1S/CH2O3.Al.K.4H/c2-1(3)4;;;;;;/h(H2,2,3,4);;;;;;/q;;+1;;;;-1. The molecule has 0 aromatic carbocycles. The SMILES string of the molecule is O=C(O)O.[AlH3].[H-].[K+]. The largest absolute Gasteiger partial charge is 1.00 e. The summed E-state index contributed by atoms with van der Waals surface area (Å²) < 4.78 is 0. The second-order valence-electron chi connectivity index (χ2n) is 0.283. The first-order valence-corrected chi connectivity index (χ1v) is 0.651. The van der Waals surface area contributed by atoms with Gasteiger partial charge in [-0.2, -0.15) is 0 Å². The zero-order valence-electron chi connectivity index (χ0n) is 3.80. The molecule has 0 atom stereocenters. The Labute approximate surface area is 89.8 Å². The number of hydrogen-bond donors (Lipinski definition) is 2. The van der Waals surface area contributed by atoms with Crippen LogP contribution in [0.25, 0.3) is 0 Å². The van der Waals surface area contributed by atoms with Crippen molar-refractivity contribution in [3.05, 3.63) is 0 Å². The van der Waals surface area contributed by atoms with Gasteiger partial charge in [-0.3, -0.25) is 0 Å². The van der Waals surface area contributed by atoms with Crippen LogP contribution in [0.3, 0.4) is 0 Å². The Balaban J connectivity index is -0.0000000150. The van der Waals surface area contributed by atoms with E-state index in [0.717, 1.165) is 0 Å². The molecule has 0 radical (unpaired) electrons. The normalized spacial score (nSPS) is 4.00. The van der Waals surface area contributed by atoms with Crippen LogP contribution in [0.2, 0.25) is 0 Å². The third-order valence-electron chi connectivity index (χ3n) is 0. The molecule has 0 unspecified atom stereocenters. The molecule has 3 nitrogen and oxygen atoms in total. The minimum Gasteiger partial charge on any atom is -1.00 e. The van der Waals surface area contributed by atoms with E-state index in [1.165, 1.54) is 0 Å². The number of carboxylic acid groups (broad SMARTS) is 2. The fourth-order valence-electron chi connectivity index (χ4n) is 0. The number of carbonyl (C=O) groups is 1. The molecule has 0 aliphatic carbocycles. The zero-order chi connectivity index (χ0) is 3.58. The van der Waals surface area contributed by atoms with E-state index in [2.05, 4.69) is 0 Å². The molecule has 0 aromatic rings. The van der Waals surface area contributed by atoms with Crippen LogP contribution in [0.5, 0.6) is 0 Å². The Morgan fingerprint density at radius 3 is 1.50 bits per heavy atom. The van der Waals surface area contributed by atoms with Gasteiger partial charge in [-0.1, -0.05) is 0 Å². The maximum atomic E-state index is 8.56. The number of rotatable bonds is 0. The Morgan fingerprint density at radius 1 is 1.50 bits per heavy atom. The van der Waals surface area contributed by atoms with Crippen molar-refractivity contribution >= 4 is 23.5 Å². The molecule has 0 bridgehead atoms. The van der Waals surface area contributed by atoms with Gasteiger partial charge in [0.25, 0.3) is 0 Å². The van der Waals surface area contributed by atoms with Crippen LogP contribution in [0.1, 0.15) is 1.43 Å². The van der Waals surface area contributed by atoms with Crippen LogP contribution in [0, 0.1) is 0 Å². The smallest absolute Gasteiger partial charge is 1.00 e. The van der Waals surface area contributed by atoms with Crippen molar-refractivity contribution in [1.29, 1.82) is 0 Å². The van der Waals surface area contributed by atoms with E-state index in [4.69, 9.17) is 15.0 Å². The predicted octanol–water partition coefficient (Wildman–Crippen LogP) is -3.85. The summed E-state index contributed by atoms with van der Waals surface area (Å²) in [5.74, 6) is 0. The quantitative estimate of drug-likeness (QED) is 0.332. The molecule has 0 aromatic heterocycles. The minimum absolute atomic E-state index is 0. The Bertz CT molecular complexity index is 37.9. The van der Waals surface area contributed by atoms with Crippen LogP contribution >= 0.6 is 0 Å². The van der Waals surface area contributed by atoms with Crippen molar-refractivity contribution in [3.8, 4) is 0 Å². The average Bonchev–Trinajstić information content (AvgIpc) is 0.811. The summed E-state index contributed by atoms with van der Waals surface area (Å²) in [5.41, 5.74) is 0. The molecular weight excluding hydrogens is 126 g/mol. The first-order valence-electron chi connectivity index (χ1n) is 0.651. The van der Waals surface area contributed by atoms with Gasteiger partial charge in [0, 0.05) is 0 Å². The van der Waals surface area contributed by atoms with Gasteiger partial charge in [0.1, 0.15) is 0 Å². The third-order valence-corrected chi connectivity index (χ3v) is 0. The molecule has 0 spiro atoms. The summed E-state index contributed by atoms with van der Waals surface area (Å²) in [6.45, 7) is 0. The second kappa shape index (κ2) is 9.67. The fraction of sp³-hybridized carbons (Fsp3) is 0. The Kier molecular flexibility index (Phi) is 25.2. The van der Waals surface area contributed by atoms with Gasteiger partial charge in [0.05, 0.1) is 0 Å². The first-order chi connectivity index (χ1) is 1.73. The van der Waals surface area contributed by atoms with Crippen molar-refractivity contribution in [3.63, 3.8) is 0 Å². The Hall–Kier alpha value is 1.44. The summed E-state index contributed by atoms with van der Waals surface area (Å²) in [6.07, 6.45) is -1.83. The molecule has 0 amide bonds. The molecule has 0 fully saturated rings. The number of hydrogen-bond acceptors (Lipinski definition) is 1. The van der Waals surface area contributed by atoms with Crippen LogP contribution < -0.4 is 51.4 Å². The molecule has 0 saturated carbocycles. The van der Waals surface area contributed by atoms with E-state index < -0.39 is 6.16 Å². The van der Waals surface area contributed by atoms with Crippen LogP contribution in [-0.4, -0.2) is 33.7 Å². The van der Waals surface area contributed by atoms with Crippen LogP contribution in [0.4, 0.5) is 4.79 Å². The summed E-state index contributed by atoms with van der Waals surface area (Å²) in [5, 5.41) is 13.9. The van der Waals surface area contributed by atoms with Crippen molar-refractivity contribution in [2.24, 2.45) is 0 Å². The molecular formula is CH6AlKO3.